The average Bonchev–Trinajstić information content (AvgIpc) is 2.85. The molecule has 3 aromatic rings. The summed E-state index contributed by atoms with van der Waals surface area (Å²) in [6, 6.07) is 10.6. The monoisotopic (exact) mass is 294 g/mol. The molecule has 4 heteroatoms. The predicted octanol–water partition coefficient (Wildman–Crippen LogP) is 3.45. The Bertz CT molecular complexity index is 789. The molecule has 0 amide bonds. The SMILES string of the molecule is Cc1cccc(-c2nc3cc(C)cnc3n2CCCCN)c1. The highest BCUT2D eigenvalue weighted by atomic mass is 15.1. The van der Waals surface area contributed by atoms with Crippen LogP contribution >= 0.6 is 0 Å². The zero-order chi connectivity index (χ0) is 15.5. The second-order valence-electron chi connectivity index (χ2n) is 5.81. The topological polar surface area (TPSA) is 56.7 Å². The van der Waals surface area contributed by atoms with E-state index in [9.17, 15) is 0 Å². The van der Waals surface area contributed by atoms with Gasteiger partial charge in [0.05, 0.1) is 0 Å². The van der Waals surface area contributed by atoms with Gasteiger partial charge in [-0.2, -0.15) is 0 Å². The van der Waals surface area contributed by atoms with Crippen molar-refractivity contribution in [2.75, 3.05) is 6.54 Å². The van der Waals surface area contributed by atoms with Crippen LogP contribution in [0.25, 0.3) is 22.6 Å². The van der Waals surface area contributed by atoms with Crippen molar-refractivity contribution in [1.82, 2.24) is 14.5 Å². The number of hydrogen-bond acceptors (Lipinski definition) is 3. The molecule has 0 spiro atoms. The fraction of sp³-hybridized carbons (Fsp3) is 0.333. The van der Waals surface area contributed by atoms with Crippen LogP contribution in [0.1, 0.15) is 24.0 Å². The third kappa shape index (κ3) is 2.88. The average molecular weight is 294 g/mol. The number of imidazole rings is 1. The van der Waals surface area contributed by atoms with E-state index in [0.29, 0.717) is 0 Å². The van der Waals surface area contributed by atoms with Crippen LogP contribution in [0.5, 0.6) is 0 Å². The van der Waals surface area contributed by atoms with Crippen molar-refractivity contribution in [3.8, 4) is 11.4 Å². The normalized spacial score (nSPS) is 11.2. The van der Waals surface area contributed by atoms with Crippen molar-refractivity contribution in [3.63, 3.8) is 0 Å². The van der Waals surface area contributed by atoms with E-state index in [1.807, 2.05) is 13.1 Å². The number of pyridine rings is 1. The van der Waals surface area contributed by atoms with Gasteiger partial charge in [0.25, 0.3) is 0 Å². The number of nitrogens with zero attached hydrogens (tertiary/aromatic N) is 3. The van der Waals surface area contributed by atoms with Crippen molar-refractivity contribution in [3.05, 3.63) is 47.7 Å². The Balaban J connectivity index is 2.12. The van der Waals surface area contributed by atoms with Crippen LogP contribution in [0.4, 0.5) is 0 Å². The molecular weight excluding hydrogens is 272 g/mol. The molecule has 0 aliphatic heterocycles. The molecule has 0 radical (unpaired) electrons. The van der Waals surface area contributed by atoms with Crippen LogP contribution in [0.3, 0.4) is 0 Å². The molecule has 0 aliphatic rings. The number of aromatic nitrogens is 3. The molecule has 114 valence electrons. The summed E-state index contributed by atoms with van der Waals surface area (Å²) in [6.07, 6.45) is 3.96. The first-order valence-electron chi connectivity index (χ1n) is 7.79. The van der Waals surface area contributed by atoms with Crippen LogP contribution < -0.4 is 5.73 Å². The van der Waals surface area contributed by atoms with Gasteiger partial charge >= 0.3 is 0 Å². The summed E-state index contributed by atoms with van der Waals surface area (Å²) in [5.74, 6) is 0.994. The van der Waals surface area contributed by atoms with E-state index in [4.69, 9.17) is 10.7 Å². The summed E-state index contributed by atoms with van der Waals surface area (Å²) in [6.45, 7) is 5.77. The van der Waals surface area contributed by atoms with E-state index in [1.165, 1.54) is 5.56 Å². The molecule has 4 nitrogen and oxygen atoms in total. The van der Waals surface area contributed by atoms with Gasteiger partial charge in [0.2, 0.25) is 0 Å². The molecule has 2 aromatic heterocycles. The minimum atomic E-state index is 0.721. The number of nitrogens with two attached hydrogens (primary N) is 1. The Morgan fingerprint density at radius 3 is 2.73 bits per heavy atom. The summed E-state index contributed by atoms with van der Waals surface area (Å²) in [4.78, 5) is 9.43. The van der Waals surface area contributed by atoms with Crippen LogP contribution in [0, 0.1) is 13.8 Å². The quantitative estimate of drug-likeness (QED) is 0.733. The fourth-order valence-corrected chi connectivity index (χ4v) is 2.74. The number of rotatable bonds is 5. The van der Waals surface area contributed by atoms with Gasteiger partial charge in [-0.1, -0.05) is 23.8 Å². The Morgan fingerprint density at radius 1 is 1.09 bits per heavy atom. The van der Waals surface area contributed by atoms with Crippen molar-refractivity contribution in [2.24, 2.45) is 5.73 Å². The fourth-order valence-electron chi connectivity index (χ4n) is 2.74. The smallest absolute Gasteiger partial charge is 0.160 e. The molecule has 22 heavy (non-hydrogen) atoms. The van der Waals surface area contributed by atoms with Gasteiger partial charge in [0.1, 0.15) is 11.3 Å². The number of benzene rings is 1. The number of fused-ring (bicyclic) bond motifs is 1. The molecule has 0 aliphatic carbocycles. The van der Waals surface area contributed by atoms with Crippen LogP contribution in [0.2, 0.25) is 0 Å². The number of aryl methyl sites for hydroxylation is 3. The third-order valence-corrected chi connectivity index (χ3v) is 3.83. The Labute approximate surface area is 131 Å². The summed E-state index contributed by atoms with van der Waals surface area (Å²) >= 11 is 0. The van der Waals surface area contributed by atoms with Gasteiger partial charge < -0.3 is 10.3 Å². The lowest BCUT2D eigenvalue weighted by Gasteiger charge is -2.09. The molecule has 0 fully saturated rings. The first kappa shape index (κ1) is 14.7. The Hall–Kier alpha value is -2.20. The minimum Gasteiger partial charge on any atom is -0.330 e. The second-order valence-corrected chi connectivity index (χ2v) is 5.81. The molecule has 2 N–H and O–H groups in total. The predicted molar refractivity (Wildman–Crippen MR) is 90.7 cm³/mol. The van der Waals surface area contributed by atoms with E-state index in [2.05, 4.69) is 46.8 Å². The lowest BCUT2D eigenvalue weighted by Crippen LogP contribution is -2.05. The summed E-state index contributed by atoms with van der Waals surface area (Å²) in [5, 5.41) is 0. The molecule has 0 saturated carbocycles. The van der Waals surface area contributed by atoms with Crippen molar-refractivity contribution < 1.29 is 0 Å². The lowest BCUT2D eigenvalue weighted by molar-refractivity contribution is 0.628. The molecular formula is C18H22N4. The van der Waals surface area contributed by atoms with Crippen LogP contribution in [-0.2, 0) is 6.54 Å². The Morgan fingerprint density at radius 2 is 1.95 bits per heavy atom. The summed E-state index contributed by atoms with van der Waals surface area (Å²) in [7, 11) is 0. The minimum absolute atomic E-state index is 0.721. The standard InChI is InChI=1S/C18H22N4/c1-13-6-5-7-15(10-13)17-21-16-11-14(2)12-20-18(16)22(17)9-4-3-8-19/h5-7,10-12H,3-4,8-9,19H2,1-2H3. The molecule has 0 saturated heterocycles. The van der Waals surface area contributed by atoms with Crippen molar-refractivity contribution in [2.45, 2.75) is 33.2 Å². The first-order valence-corrected chi connectivity index (χ1v) is 7.79. The van der Waals surface area contributed by atoms with E-state index in [0.717, 1.165) is 54.0 Å². The number of unbranched alkanes of at least 4 members (excludes halogenated alkanes) is 1. The molecule has 0 bridgehead atoms. The molecule has 0 unspecified atom stereocenters. The highest BCUT2D eigenvalue weighted by molar-refractivity contribution is 5.77. The van der Waals surface area contributed by atoms with Crippen molar-refractivity contribution >= 4 is 11.2 Å². The molecule has 0 atom stereocenters. The zero-order valence-electron chi connectivity index (χ0n) is 13.2. The third-order valence-electron chi connectivity index (χ3n) is 3.83. The molecule has 2 heterocycles. The second kappa shape index (κ2) is 6.28. The van der Waals surface area contributed by atoms with Gasteiger partial charge in [-0.15, -0.1) is 0 Å². The molecule has 1 aromatic carbocycles. The van der Waals surface area contributed by atoms with Crippen molar-refractivity contribution in [1.29, 1.82) is 0 Å². The van der Waals surface area contributed by atoms with Crippen LogP contribution in [0.15, 0.2) is 36.5 Å². The van der Waals surface area contributed by atoms with Gasteiger partial charge in [-0.05, 0) is 50.9 Å². The summed E-state index contributed by atoms with van der Waals surface area (Å²) in [5.41, 5.74) is 11.1. The number of hydrogen-bond donors (Lipinski definition) is 1. The maximum absolute atomic E-state index is 5.63. The zero-order valence-corrected chi connectivity index (χ0v) is 13.2. The van der Waals surface area contributed by atoms with E-state index >= 15 is 0 Å². The first-order chi connectivity index (χ1) is 10.7. The maximum Gasteiger partial charge on any atom is 0.160 e. The highest BCUT2D eigenvalue weighted by Gasteiger charge is 2.13. The van der Waals surface area contributed by atoms with Crippen LogP contribution in [-0.4, -0.2) is 21.1 Å². The highest BCUT2D eigenvalue weighted by Crippen LogP contribution is 2.25. The van der Waals surface area contributed by atoms with E-state index in [1.54, 1.807) is 0 Å². The lowest BCUT2D eigenvalue weighted by atomic mass is 10.1. The largest absolute Gasteiger partial charge is 0.330 e. The summed E-state index contributed by atoms with van der Waals surface area (Å²) < 4.78 is 2.22. The Kier molecular flexibility index (Phi) is 4.20. The van der Waals surface area contributed by atoms with Gasteiger partial charge in [0.15, 0.2) is 5.65 Å². The maximum atomic E-state index is 5.63. The van der Waals surface area contributed by atoms with Gasteiger partial charge in [-0.3, -0.25) is 0 Å². The van der Waals surface area contributed by atoms with E-state index < -0.39 is 0 Å². The van der Waals surface area contributed by atoms with E-state index in [-0.39, 0.29) is 0 Å². The molecule has 3 rings (SSSR count). The van der Waals surface area contributed by atoms with Gasteiger partial charge in [-0.25, -0.2) is 9.97 Å². The van der Waals surface area contributed by atoms with Gasteiger partial charge in [0, 0.05) is 18.3 Å².